The standard InChI is InChI=1S/C8H17NO2/c1-3-8-9-7(6-10-2)4-5-11-8/h7-9H,3-6H2,1-2H3. The van der Waals surface area contributed by atoms with Crippen molar-refractivity contribution < 1.29 is 9.47 Å². The molecule has 1 aliphatic rings. The highest BCUT2D eigenvalue weighted by Crippen LogP contribution is 2.07. The molecule has 0 amide bonds. The number of hydrogen-bond donors (Lipinski definition) is 1. The van der Waals surface area contributed by atoms with Crippen molar-refractivity contribution in [2.45, 2.75) is 32.0 Å². The molecule has 3 nitrogen and oxygen atoms in total. The molecule has 66 valence electrons. The van der Waals surface area contributed by atoms with Gasteiger partial charge in [-0.15, -0.1) is 0 Å². The maximum Gasteiger partial charge on any atom is 0.108 e. The summed E-state index contributed by atoms with van der Waals surface area (Å²) < 4.78 is 10.5. The SMILES string of the molecule is CCC1NC(COC)CCO1. The lowest BCUT2D eigenvalue weighted by atomic mass is 10.2. The van der Waals surface area contributed by atoms with Crippen molar-refractivity contribution in [3.8, 4) is 0 Å². The van der Waals surface area contributed by atoms with Crippen LogP contribution < -0.4 is 5.32 Å². The molecule has 3 heteroatoms. The van der Waals surface area contributed by atoms with Gasteiger partial charge in [-0.3, -0.25) is 5.32 Å². The van der Waals surface area contributed by atoms with Crippen LogP contribution >= 0.6 is 0 Å². The van der Waals surface area contributed by atoms with Crippen LogP contribution in [0, 0.1) is 0 Å². The Kier molecular flexibility index (Phi) is 3.83. The monoisotopic (exact) mass is 159 g/mol. The van der Waals surface area contributed by atoms with Crippen molar-refractivity contribution in [3.63, 3.8) is 0 Å². The molecule has 0 aliphatic carbocycles. The van der Waals surface area contributed by atoms with E-state index in [1.54, 1.807) is 7.11 Å². The minimum atomic E-state index is 0.240. The van der Waals surface area contributed by atoms with Crippen molar-refractivity contribution >= 4 is 0 Å². The highest BCUT2D eigenvalue weighted by Gasteiger charge is 2.19. The smallest absolute Gasteiger partial charge is 0.108 e. The number of ether oxygens (including phenoxy) is 2. The largest absolute Gasteiger partial charge is 0.383 e. The third-order valence-electron chi connectivity index (χ3n) is 1.95. The van der Waals surface area contributed by atoms with Crippen LogP contribution in [0.4, 0.5) is 0 Å². The van der Waals surface area contributed by atoms with Gasteiger partial charge in [0.05, 0.1) is 13.2 Å². The Morgan fingerprint density at radius 3 is 3.09 bits per heavy atom. The lowest BCUT2D eigenvalue weighted by Crippen LogP contribution is -2.47. The van der Waals surface area contributed by atoms with Gasteiger partial charge in [-0.1, -0.05) is 6.92 Å². The van der Waals surface area contributed by atoms with E-state index < -0.39 is 0 Å². The number of hydrogen-bond acceptors (Lipinski definition) is 3. The van der Waals surface area contributed by atoms with Crippen LogP contribution in [0.3, 0.4) is 0 Å². The first kappa shape index (κ1) is 8.97. The second-order valence-corrected chi connectivity index (χ2v) is 2.88. The number of rotatable bonds is 3. The van der Waals surface area contributed by atoms with E-state index in [2.05, 4.69) is 12.2 Å². The Morgan fingerprint density at radius 1 is 1.64 bits per heavy atom. The van der Waals surface area contributed by atoms with Gasteiger partial charge < -0.3 is 9.47 Å². The van der Waals surface area contributed by atoms with E-state index in [1.165, 1.54) is 0 Å². The predicted molar refractivity (Wildman–Crippen MR) is 43.4 cm³/mol. The molecule has 1 aliphatic heterocycles. The van der Waals surface area contributed by atoms with Gasteiger partial charge in [0, 0.05) is 13.2 Å². The topological polar surface area (TPSA) is 30.5 Å². The fraction of sp³-hybridized carbons (Fsp3) is 1.00. The van der Waals surface area contributed by atoms with Gasteiger partial charge in [0.15, 0.2) is 0 Å². The zero-order chi connectivity index (χ0) is 8.10. The molecule has 0 spiro atoms. The van der Waals surface area contributed by atoms with Crippen molar-refractivity contribution in [3.05, 3.63) is 0 Å². The Bertz CT molecular complexity index is 106. The fourth-order valence-corrected chi connectivity index (χ4v) is 1.32. The van der Waals surface area contributed by atoms with Gasteiger partial charge in [0.2, 0.25) is 0 Å². The molecule has 2 atom stereocenters. The molecule has 2 unspecified atom stereocenters. The highest BCUT2D eigenvalue weighted by atomic mass is 16.5. The van der Waals surface area contributed by atoms with Crippen LogP contribution in [-0.4, -0.2) is 32.6 Å². The third-order valence-corrected chi connectivity index (χ3v) is 1.95. The second-order valence-electron chi connectivity index (χ2n) is 2.88. The molecule has 1 rings (SSSR count). The van der Waals surface area contributed by atoms with E-state index in [0.717, 1.165) is 26.1 Å². The normalized spacial score (nSPS) is 32.2. The first-order chi connectivity index (χ1) is 5.36. The summed E-state index contributed by atoms with van der Waals surface area (Å²) in [7, 11) is 1.73. The molecule has 0 bridgehead atoms. The summed E-state index contributed by atoms with van der Waals surface area (Å²) in [4.78, 5) is 0. The van der Waals surface area contributed by atoms with E-state index >= 15 is 0 Å². The quantitative estimate of drug-likeness (QED) is 0.659. The van der Waals surface area contributed by atoms with Crippen LogP contribution in [0.5, 0.6) is 0 Å². The Balaban J connectivity index is 2.21. The van der Waals surface area contributed by atoms with Crippen molar-refractivity contribution in [1.82, 2.24) is 5.32 Å². The molecule has 1 saturated heterocycles. The highest BCUT2D eigenvalue weighted by molar-refractivity contribution is 4.72. The Morgan fingerprint density at radius 2 is 2.45 bits per heavy atom. The molecule has 1 heterocycles. The molecule has 0 aromatic carbocycles. The van der Waals surface area contributed by atoms with E-state index in [4.69, 9.17) is 9.47 Å². The summed E-state index contributed by atoms with van der Waals surface area (Å²) in [6.45, 7) is 3.77. The average Bonchev–Trinajstić information content (AvgIpc) is 2.06. The molecule has 0 saturated carbocycles. The molecule has 0 aromatic rings. The second kappa shape index (κ2) is 4.70. The van der Waals surface area contributed by atoms with Gasteiger partial charge in [-0.25, -0.2) is 0 Å². The molecular formula is C8H17NO2. The Hall–Kier alpha value is -0.120. The number of methoxy groups -OCH3 is 1. The first-order valence-corrected chi connectivity index (χ1v) is 4.23. The molecule has 11 heavy (non-hydrogen) atoms. The minimum Gasteiger partial charge on any atom is -0.383 e. The minimum absolute atomic E-state index is 0.240. The van der Waals surface area contributed by atoms with Crippen LogP contribution in [0.1, 0.15) is 19.8 Å². The maximum absolute atomic E-state index is 5.44. The zero-order valence-corrected chi connectivity index (χ0v) is 7.30. The van der Waals surface area contributed by atoms with E-state index in [-0.39, 0.29) is 6.23 Å². The van der Waals surface area contributed by atoms with Crippen LogP contribution in [0.2, 0.25) is 0 Å². The van der Waals surface area contributed by atoms with Crippen molar-refractivity contribution in [2.24, 2.45) is 0 Å². The third kappa shape index (κ3) is 2.77. The molecule has 0 radical (unpaired) electrons. The maximum atomic E-state index is 5.44. The summed E-state index contributed by atoms with van der Waals surface area (Å²) in [5.74, 6) is 0. The molecule has 1 fully saturated rings. The number of nitrogens with one attached hydrogen (secondary N) is 1. The van der Waals surface area contributed by atoms with Gasteiger partial charge in [0.25, 0.3) is 0 Å². The van der Waals surface area contributed by atoms with E-state index in [1.807, 2.05) is 0 Å². The van der Waals surface area contributed by atoms with Crippen LogP contribution in [-0.2, 0) is 9.47 Å². The average molecular weight is 159 g/mol. The lowest BCUT2D eigenvalue weighted by molar-refractivity contribution is -0.0327. The summed E-state index contributed by atoms with van der Waals surface area (Å²) in [5, 5.41) is 3.36. The molecule has 1 N–H and O–H groups in total. The Labute approximate surface area is 68.1 Å². The van der Waals surface area contributed by atoms with Gasteiger partial charge in [-0.05, 0) is 12.8 Å². The first-order valence-electron chi connectivity index (χ1n) is 4.23. The summed E-state index contributed by atoms with van der Waals surface area (Å²) >= 11 is 0. The molecule has 0 aromatic heterocycles. The van der Waals surface area contributed by atoms with Gasteiger partial charge >= 0.3 is 0 Å². The van der Waals surface area contributed by atoms with Crippen molar-refractivity contribution in [1.29, 1.82) is 0 Å². The predicted octanol–water partition coefficient (Wildman–Crippen LogP) is 0.747. The fourth-order valence-electron chi connectivity index (χ4n) is 1.32. The summed E-state index contributed by atoms with van der Waals surface area (Å²) in [5.41, 5.74) is 0. The lowest BCUT2D eigenvalue weighted by Gasteiger charge is -2.30. The zero-order valence-electron chi connectivity index (χ0n) is 7.30. The van der Waals surface area contributed by atoms with Gasteiger partial charge in [0.1, 0.15) is 6.23 Å². The van der Waals surface area contributed by atoms with Crippen molar-refractivity contribution in [2.75, 3.05) is 20.3 Å². The van der Waals surface area contributed by atoms with Gasteiger partial charge in [-0.2, -0.15) is 0 Å². The van der Waals surface area contributed by atoms with E-state index in [0.29, 0.717) is 6.04 Å². The van der Waals surface area contributed by atoms with Crippen LogP contribution in [0.25, 0.3) is 0 Å². The summed E-state index contributed by atoms with van der Waals surface area (Å²) in [6.07, 6.45) is 2.33. The van der Waals surface area contributed by atoms with E-state index in [9.17, 15) is 0 Å². The molecular weight excluding hydrogens is 142 g/mol. The van der Waals surface area contributed by atoms with Crippen LogP contribution in [0.15, 0.2) is 0 Å². The summed E-state index contributed by atoms with van der Waals surface area (Å²) in [6, 6.07) is 0.485.